The van der Waals surface area contributed by atoms with Crippen LogP contribution in [0.4, 0.5) is 0 Å². The Hall–Kier alpha value is -1.10. The lowest BCUT2D eigenvalue weighted by Crippen LogP contribution is -2.36. The van der Waals surface area contributed by atoms with E-state index in [4.69, 9.17) is 10.9 Å². The van der Waals surface area contributed by atoms with Crippen LogP contribution in [-0.4, -0.2) is 28.6 Å². The fourth-order valence-electron chi connectivity index (χ4n) is 1.15. The zero-order chi connectivity index (χ0) is 10.4. The molecule has 76 valence electrons. The average molecular weight is 188 g/mol. The molecule has 0 heterocycles. The van der Waals surface area contributed by atoms with Crippen molar-refractivity contribution in [3.8, 4) is 0 Å². The highest BCUT2D eigenvalue weighted by molar-refractivity contribution is 5.74. The van der Waals surface area contributed by atoms with E-state index in [1.165, 1.54) is 0 Å². The number of hydrogen-bond acceptors (Lipinski definition) is 3. The third-order valence-electron chi connectivity index (χ3n) is 1.66. The van der Waals surface area contributed by atoms with Crippen LogP contribution in [0.3, 0.4) is 0 Å². The highest BCUT2D eigenvalue weighted by Gasteiger charge is 2.18. The molecule has 5 nitrogen and oxygen atoms in total. The summed E-state index contributed by atoms with van der Waals surface area (Å²) >= 11 is 0. The highest BCUT2D eigenvalue weighted by atomic mass is 16.5. The van der Waals surface area contributed by atoms with Gasteiger partial charge in [0, 0.05) is 6.42 Å². The highest BCUT2D eigenvalue weighted by Crippen LogP contribution is 2.11. The quantitative estimate of drug-likeness (QED) is 0.353. The van der Waals surface area contributed by atoms with Crippen LogP contribution in [0.5, 0.6) is 0 Å². The third kappa shape index (κ3) is 5.19. The lowest BCUT2D eigenvalue weighted by atomic mass is 10.0. The van der Waals surface area contributed by atoms with Crippen molar-refractivity contribution in [2.45, 2.75) is 32.7 Å². The number of carbonyl (C=O) groups excluding carboxylic acids is 2. The van der Waals surface area contributed by atoms with Gasteiger partial charge in [-0.05, 0) is 12.3 Å². The number of amides is 2. The third-order valence-corrected chi connectivity index (χ3v) is 1.66. The molecule has 2 amide bonds. The Balaban J connectivity index is 4.17. The number of carbonyl (C=O) groups is 2. The van der Waals surface area contributed by atoms with E-state index in [9.17, 15) is 9.59 Å². The number of primary amides is 1. The number of rotatable bonds is 6. The second kappa shape index (κ2) is 5.53. The SMILES string of the molecule is CC(C)CC(CC(N)=O)N(O)C=O. The lowest BCUT2D eigenvalue weighted by molar-refractivity contribution is -0.163. The number of nitrogens with two attached hydrogens (primary N) is 1. The molecule has 0 rings (SSSR count). The van der Waals surface area contributed by atoms with Crippen molar-refractivity contribution in [1.82, 2.24) is 5.06 Å². The molecule has 1 atom stereocenters. The fourth-order valence-corrected chi connectivity index (χ4v) is 1.15. The van der Waals surface area contributed by atoms with E-state index in [1.54, 1.807) is 0 Å². The van der Waals surface area contributed by atoms with Crippen LogP contribution in [0.2, 0.25) is 0 Å². The van der Waals surface area contributed by atoms with Gasteiger partial charge in [-0.1, -0.05) is 13.8 Å². The Labute approximate surface area is 77.5 Å². The van der Waals surface area contributed by atoms with Crippen LogP contribution in [0.1, 0.15) is 26.7 Å². The molecule has 0 radical (unpaired) electrons. The molecule has 0 saturated carbocycles. The molecule has 0 saturated heterocycles. The molecule has 0 aromatic rings. The van der Waals surface area contributed by atoms with E-state index < -0.39 is 11.9 Å². The summed E-state index contributed by atoms with van der Waals surface area (Å²) in [6.07, 6.45) is 0.835. The van der Waals surface area contributed by atoms with Gasteiger partial charge in [-0.15, -0.1) is 0 Å². The predicted octanol–water partition coefficient (Wildman–Crippen LogP) is 0.124. The van der Waals surface area contributed by atoms with Gasteiger partial charge in [-0.2, -0.15) is 0 Å². The Morgan fingerprint density at radius 1 is 1.62 bits per heavy atom. The first-order valence-corrected chi connectivity index (χ1v) is 4.18. The summed E-state index contributed by atoms with van der Waals surface area (Å²) in [6.45, 7) is 3.87. The summed E-state index contributed by atoms with van der Waals surface area (Å²) in [5.41, 5.74) is 4.97. The number of hydroxylamine groups is 2. The van der Waals surface area contributed by atoms with Gasteiger partial charge in [0.05, 0.1) is 6.04 Å². The fraction of sp³-hybridized carbons (Fsp3) is 0.750. The molecular weight excluding hydrogens is 172 g/mol. The van der Waals surface area contributed by atoms with Crippen molar-refractivity contribution >= 4 is 12.3 Å². The molecule has 1 unspecified atom stereocenters. The Morgan fingerprint density at radius 2 is 2.15 bits per heavy atom. The summed E-state index contributed by atoms with van der Waals surface area (Å²) in [5.74, 6) is -0.231. The maximum atomic E-state index is 10.6. The molecule has 0 aromatic carbocycles. The molecule has 0 bridgehead atoms. The van der Waals surface area contributed by atoms with E-state index in [0.717, 1.165) is 0 Å². The summed E-state index contributed by atoms with van der Waals surface area (Å²) < 4.78 is 0. The van der Waals surface area contributed by atoms with E-state index in [2.05, 4.69) is 0 Å². The van der Waals surface area contributed by atoms with Crippen LogP contribution in [0.25, 0.3) is 0 Å². The first-order chi connectivity index (χ1) is 5.97. The van der Waals surface area contributed by atoms with Crippen LogP contribution in [0.15, 0.2) is 0 Å². The molecule has 0 spiro atoms. The maximum absolute atomic E-state index is 10.6. The average Bonchev–Trinajstić information content (AvgIpc) is 2.00. The molecule has 0 aliphatic heterocycles. The molecule has 13 heavy (non-hydrogen) atoms. The van der Waals surface area contributed by atoms with Gasteiger partial charge in [0.15, 0.2) is 0 Å². The van der Waals surface area contributed by atoms with Gasteiger partial charge < -0.3 is 5.73 Å². The minimum atomic E-state index is -0.522. The summed E-state index contributed by atoms with van der Waals surface area (Å²) in [4.78, 5) is 20.8. The summed E-state index contributed by atoms with van der Waals surface area (Å²) in [7, 11) is 0. The molecule has 3 N–H and O–H groups in total. The van der Waals surface area contributed by atoms with Gasteiger partial charge in [0.25, 0.3) is 0 Å². The maximum Gasteiger partial charge on any atom is 0.233 e. The van der Waals surface area contributed by atoms with E-state index >= 15 is 0 Å². The smallest absolute Gasteiger partial charge is 0.233 e. The summed E-state index contributed by atoms with van der Waals surface area (Å²) in [6, 6.07) is -0.505. The second-order valence-corrected chi connectivity index (χ2v) is 3.44. The normalized spacial score (nSPS) is 12.6. The van der Waals surface area contributed by atoms with E-state index in [0.29, 0.717) is 17.4 Å². The first kappa shape index (κ1) is 11.9. The van der Waals surface area contributed by atoms with E-state index in [1.807, 2.05) is 13.8 Å². The van der Waals surface area contributed by atoms with Crippen molar-refractivity contribution in [2.24, 2.45) is 11.7 Å². The van der Waals surface area contributed by atoms with Gasteiger partial charge in [-0.25, -0.2) is 5.06 Å². The van der Waals surface area contributed by atoms with Crippen molar-refractivity contribution in [2.75, 3.05) is 0 Å². The molecule has 0 aromatic heterocycles. The summed E-state index contributed by atoms with van der Waals surface area (Å²) in [5, 5.41) is 9.58. The first-order valence-electron chi connectivity index (χ1n) is 4.18. The van der Waals surface area contributed by atoms with Gasteiger partial charge >= 0.3 is 0 Å². The van der Waals surface area contributed by atoms with Gasteiger partial charge in [0.1, 0.15) is 0 Å². The lowest BCUT2D eigenvalue weighted by Gasteiger charge is -2.22. The molecule has 0 fully saturated rings. The Bertz CT molecular complexity index is 182. The van der Waals surface area contributed by atoms with Crippen LogP contribution in [-0.2, 0) is 9.59 Å². The van der Waals surface area contributed by atoms with Crippen LogP contribution in [0, 0.1) is 5.92 Å². The minimum absolute atomic E-state index is 0.00653. The van der Waals surface area contributed by atoms with Crippen molar-refractivity contribution in [3.05, 3.63) is 0 Å². The standard InChI is InChI=1S/C8H16N2O3/c1-6(2)3-7(4-8(9)12)10(13)5-11/h5-7,13H,3-4H2,1-2H3,(H2,9,12). The Morgan fingerprint density at radius 3 is 2.46 bits per heavy atom. The largest absolute Gasteiger partial charge is 0.370 e. The van der Waals surface area contributed by atoms with Crippen molar-refractivity contribution in [1.29, 1.82) is 0 Å². The van der Waals surface area contributed by atoms with E-state index in [-0.39, 0.29) is 12.8 Å². The second-order valence-electron chi connectivity index (χ2n) is 3.44. The Kier molecular flexibility index (Phi) is 5.06. The van der Waals surface area contributed by atoms with Crippen LogP contribution < -0.4 is 5.73 Å². The van der Waals surface area contributed by atoms with Gasteiger partial charge in [0.2, 0.25) is 12.3 Å². The monoisotopic (exact) mass is 188 g/mol. The molecule has 5 heteroatoms. The molecular formula is C8H16N2O3. The number of hydrogen-bond donors (Lipinski definition) is 2. The topological polar surface area (TPSA) is 83.6 Å². The zero-order valence-electron chi connectivity index (χ0n) is 7.93. The predicted molar refractivity (Wildman–Crippen MR) is 46.7 cm³/mol. The van der Waals surface area contributed by atoms with Crippen LogP contribution >= 0.6 is 0 Å². The van der Waals surface area contributed by atoms with Crippen molar-refractivity contribution in [3.63, 3.8) is 0 Å². The van der Waals surface area contributed by atoms with Gasteiger partial charge in [-0.3, -0.25) is 14.8 Å². The number of nitrogens with zero attached hydrogens (tertiary/aromatic N) is 1. The zero-order valence-corrected chi connectivity index (χ0v) is 7.93. The minimum Gasteiger partial charge on any atom is -0.370 e. The molecule has 0 aliphatic rings. The molecule has 0 aliphatic carbocycles. The van der Waals surface area contributed by atoms with Crippen molar-refractivity contribution < 1.29 is 14.8 Å².